The average Bonchev–Trinajstić information content (AvgIpc) is 2.48. The minimum absolute atomic E-state index is 0.528. The third-order valence-corrected chi connectivity index (χ3v) is 4.02. The standard InChI is InChI=1S/C17H25N3/c1-4-15(5-2)20(3)17-14(10-11-18)12-13-8-6-7-9-16(13)19-17/h6-9,12,15H,4-5,10-11,18H2,1-3H3. The van der Waals surface area contributed by atoms with Crippen molar-refractivity contribution in [2.75, 3.05) is 18.5 Å². The molecule has 0 unspecified atom stereocenters. The summed E-state index contributed by atoms with van der Waals surface area (Å²) in [7, 11) is 2.15. The third kappa shape index (κ3) is 2.93. The van der Waals surface area contributed by atoms with Crippen LogP contribution in [0.3, 0.4) is 0 Å². The highest BCUT2D eigenvalue weighted by molar-refractivity contribution is 5.81. The summed E-state index contributed by atoms with van der Waals surface area (Å²) >= 11 is 0. The van der Waals surface area contributed by atoms with E-state index in [9.17, 15) is 0 Å². The van der Waals surface area contributed by atoms with Gasteiger partial charge in [0.1, 0.15) is 5.82 Å². The van der Waals surface area contributed by atoms with Gasteiger partial charge in [-0.25, -0.2) is 4.98 Å². The molecule has 0 spiro atoms. The maximum atomic E-state index is 5.77. The first kappa shape index (κ1) is 14.8. The molecule has 1 heterocycles. The molecule has 0 amide bonds. The number of anilines is 1. The van der Waals surface area contributed by atoms with Crippen LogP contribution in [-0.2, 0) is 6.42 Å². The quantitative estimate of drug-likeness (QED) is 0.876. The number of fused-ring (bicyclic) bond motifs is 1. The summed E-state index contributed by atoms with van der Waals surface area (Å²) in [6.07, 6.45) is 3.13. The number of nitrogens with zero attached hydrogens (tertiary/aromatic N) is 2. The number of hydrogen-bond donors (Lipinski definition) is 1. The van der Waals surface area contributed by atoms with E-state index in [0.29, 0.717) is 12.6 Å². The lowest BCUT2D eigenvalue weighted by Crippen LogP contribution is -2.32. The molecule has 20 heavy (non-hydrogen) atoms. The number of hydrogen-bond acceptors (Lipinski definition) is 3. The van der Waals surface area contributed by atoms with E-state index in [1.165, 1.54) is 10.9 Å². The van der Waals surface area contributed by atoms with Crippen LogP contribution in [0.2, 0.25) is 0 Å². The lowest BCUT2D eigenvalue weighted by atomic mass is 10.1. The fraction of sp³-hybridized carbons (Fsp3) is 0.471. The fourth-order valence-electron chi connectivity index (χ4n) is 2.80. The molecular weight excluding hydrogens is 246 g/mol. The zero-order valence-corrected chi connectivity index (χ0v) is 12.8. The van der Waals surface area contributed by atoms with E-state index in [2.05, 4.69) is 50.1 Å². The van der Waals surface area contributed by atoms with E-state index in [-0.39, 0.29) is 0 Å². The maximum Gasteiger partial charge on any atom is 0.132 e. The highest BCUT2D eigenvalue weighted by atomic mass is 15.2. The molecule has 0 saturated carbocycles. The van der Waals surface area contributed by atoms with Crippen LogP contribution in [0.1, 0.15) is 32.3 Å². The zero-order valence-electron chi connectivity index (χ0n) is 12.8. The Morgan fingerprint density at radius 3 is 2.55 bits per heavy atom. The van der Waals surface area contributed by atoms with Crippen LogP contribution in [0.15, 0.2) is 30.3 Å². The van der Waals surface area contributed by atoms with E-state index in [4.69, 9.17) is 10.7 Å². The normalized spacial score (nSPS) is 11.2. The maximum absolute atomic E-state index is 5.77. The molecule has 2 aromatic rings. The molecule has 1 aromatic carbocycles. The van der Waals surface area contributed by atoms with Crippen LogP contribution in [0.25, 0.3) is 10.9 Å². The van der Waals surface area contributed by atoms with Crippen molar-refractivity contribution in [3.05, 3.63) is 35.9 Å². The van der Waals surface area contributed by atoms with Crippen LogP contribution in [-0.4, -0.2) is 24.6 Å². The Morgan fingerprint density at radius 1 is 1.20 bits per heavy atom. The molecule has 0 fully saturated rings. The minimum Gasteiger partial charge on any atom is -0.356 e. The first-order valence-electron chi connectivity index (χ1n) is 7.52. The molecule has 108 valence electrons. The molecule has 0 bridgehead atoms. The van der Waals surface area contributed by atoms with Crippen LogP contribution in [0, 0.1) is 0 Å². The van der Waals surface area contributed by atoms with E-state index in [1.54, 1.807) is 0 Å². The highest BCUT2D eigenvalue weighted by Crippen LogP contribution is 2.25. The number of nitrogens with two attached hydrogens (primary N) is 1. The second kappa shape index (κ2) is 6.71. The van der Waals surface area contributed by atoms with Gasteiger partial charge in [0.25, 0.3) is 0 Å². The third-order valence-electron chi connectivity index (χ3n) is 4.02. The van der Waals surface area contributed by atoms with Crippen molar-refractivity contribution in [1.82, 2.24) is 4.98 Å². The Bertz CT molecular complexity index is 561. The summed E-state index contributed by atoms with van der Waals surface area (Å²) in [5.74, 6) is 1.09. The molecule has 0 aliphatic heterocycles. The van der Waals surface area contributed by atoms with Crippen molar-refractivity contribution in [3.63, 3.8) is 0 Å². The molecule has 3 heteroatoms. The van der Waals surface area contributed by atoms with Crippen LogP contribution in [0.4, 0.5) is 5.82 Å². The lowest BCUT2D eigenvalue weighted by Gasteiger charge is -2.29. The Balaban J connectivity index is 2.50. The molecular formula is C17H25N3. The van der Waals surface area contributed by atoms with Crippen LogP contribution < -0.4 is 10.6 Å². The first-order valence-corrected chi connectivity index (χ1v) is 7.52. The summed E-state index contributed by atoms with van der Waals surface area (Å²) in [5, 5.41) is 1.19. The predicted molar refractivity (Wildman–Crippen MR) is 87.3 cm³/mol. The van der Waals surface area contributed by atoms with Gasteiger partial charge in [0.05, 0.1) is 5.52 Å². The molecule has 2 rings (SSSR count). The van der Waals surface area contributed by atoms with Crippen LogP contribution >= 0.6 is 0 Å². The number of para-hydroxylation sites is 1. The molecule has 0 aliphatic carbocycles. The molecule has 0 aliphatic rings. The van der Waals surface area contributed by atoms with Gasteiger partial charge in [0.15, 0.2) is 0 Å². The largest absolute Gasteiger partial charge is 0.356 e. The van der Waals surface area contributed by atoms with Crippen molar-refractivity contribution in [2.24, 2.45) is 5.73 Å². The van der Waals surface area contributed by atoms with Crippen molar-refractivity contribution in [1.29, 1.82) is 0 Å². The molecule has 0 radical (unpaired) electrons. The number of aromatic nitrogens is 1. The van der Waals surface area contributed by atoms with Gasteiger partial charge in [-0.3, -0.25) is 0 Å². The van der Waals surface area contributed by atoms with Crippen molar-refractivity contribution >= 4 is 16.7 Å². The first-order chi connectivity index (χ1) is 9.71. The topological polar surface area (TPSA) is 42.2 Å². The van der Waals surface area contributed by atoms with Gasteiger partial charge in [-0.2, -0.15) is 0 Å². The van der Waals surface area contributed by atoms with Crippen molar-refractivity contribution in [3.8, 4) is 0 Å². The molecule has 1 aromatic heterocycles. The molecule has 3 nitrogen and oxygen atoms in total. The number of rotatable bonds is 6. The van der Waals surface area contributed by atoms with E-state index in [1.807, 2.05) is 6.07 Å². The minimum atomic E-state index is 0.528. The lowest BCUT2D eigenvalue weighted by molar-refractivity contribution is 0.585. The monoisotopic (exact) mass is 271 g/mol. The number of benzene rings is 1. The van der Waals surface area contributed by atoms with E-state index in [0.717, 1.165) is 30.6 Å². The highest BCUT2D eigenvalue weighted by Gasteiger charge is 2.16. The zero-order chi connectivity index (χ0) is 14.5. The molecule has 2 N–H and O–H groups in total. The Morgan fingerprint density at radius 2 is 1.90 bits per heavy atom. The number of pyridine rings is 1. The smallest absolute Gasteiger partial charge is 0.132 e. The van der Waals surface area contributed by atoms with E-state index >= 15 is 0 Å². The average molecular weight is 271 g/mol. The SMILES string of the molecule is CCC(CC)N(C)c1nc2ccccc2cc1CCN. The molecule has 0 atom stereocenters. The van der Waals surface area contributed by atoms with Gasteiger partial charge >= 0.3 is 0 Å². The Labute approximate surface area is 121 Å². The Kier molecular flexibility index (Phi) is 4.96. The fourth-order valence-corrected chi connectivity index (χ4v) is 2.80. The summed E-state index contributed by atoms with van der Waals surface area (Å²) in [6.45, 7) is 5.12. The second-order valence-corrected chi connectivity index (χ2v) is 5.28. The van der Waals surface area contributed by atoms with E-state index < -0.39 is 0 Å². The van der Waals surface area contributed by atoms with Crippen LogP contribution in [0.5, 0.6) is 0 Å². The summed E-state index contributed by atoms with van der Waals surface area (Å²) in [6, 6.07) is 11.1. The molecule has 0 saturated heterocycles. The van der Waals surface area contributed by atoms with Crippen molar-refractivity contribution < 1.29 is 0 Å². The van der Waals surface area contributed by atoms with Crippen molar-refractivity contribution in [2.45, 2.75) is 39.2 Å². The van der Waals surface area contributed by atoms with Gasteiger partial charge < -0.3 is 10.6 Å². The second-order valence-electron chi connectivity index (χ2n) is 5.28. The summed E-state index contributed by atoms with van der Waals surface area (Å²) in [5.41, 5.74) is 8.08. The predicted octanol–water partition coefficient (Wildman–Crippen LogP) is 3.36. The van der Waals surface area contributed by atoms with Gasteiger partial charge in [-0.05, 0) is 43.5 Å². The summed E-state index contributed by atoms with van der Waals surface area (Å²) < 4.78 is 0. The Hall–Kier alpha value is -1.61. The van der Waals surface area contributed by atoms with Gasteiger partial charge in [-0.15, -0.1) is 0 Å². The van der Waals surface area contributed by atoms with Gasteiger partial charge in [0, 0.05) is 18.5 Å². The van der Waals surface area contributed by atoms with Gasteiger partial charge in [-0.1, -0.05) is 32.0 Å². The summed E-state index contributed by atoms with van der Waals surface area (Å²) in [4.78, 5) is 7.20. The van der Waals surface area contributed by atoms with Gasteiger partial charge in [0.2, 0.25) is 0 Å².